The summed E-state index contributed by atoms with van der Waals surface area (Å²) in [4.78, 5) is 25.7. The number of hydrogen-bond acceptors (Lipinski definition) is 3. The van der Waals surface area contributed by atoms with Crippen LogP contribution in [0.1, 0.15) is 38.5 Å². The maximum absolute atomic E-state index is 12.2. The number of aryl methyl sites for hydroxylation is 1. The molecule has 4 nitrogen and oxygen atoms in total. The quantitative estimate of drug-likeness (QED) is 0.842. The van der Waals surface area contributed by atoms with Crippen molar-refractivity contribution in [2.75, 3.05) is 6.54 Å². The van der Waals surface area contributed by atoms with Crippen LogP contribution in [0.4, 0.5) is 0 Å². The Morgan fingerprint density at radius 3 is 2.45 bits per heavy atom. The summed E-state index contributed by atoms with van der Waals surface area (Å²) in [6.45, 7) is 5.31. The summed E-state index contributed by atoms with van der Waals surface area (Å²) in [5.41, 5.74) is -0.471. The summed E-state index contributed by atoms with van der Waals surface area (Å²) in [6, 6.07) is 4.03. The van der Waals surface area contributed by atoms with Crippen molar-refractivity contribution in [3.8, 4) is 0 Å². The minimum Gasteiger partial charge on any atom is -0.480 e. The molecule has 6 heteroatoms. The Kier molecular flexibility index (Phi) is 6.20. The van der Waals surface area contributed by atoms with E-state index in [1.54, 1.807) is 11.3 Å². The molecule has 0 spiro atoms. The second kappa shape index (κ2) is 7.22. The summed E-state index contributed by atoms with van der Waals surface area (Å²) in [5, 5.41) is 8.90. The molecule has 1 amide bonds. The van der Waals surface area contributed by atoms with Crippen molar-refractivity contribution in [2.45, 2.75) is 45.6 Å². The highest BCUT2D eigenvalue weighted by Crippen LogP contribution is 2.24. The summed E-state index contributed by atoms with van der Waals surface area (Å²) in [6.07, 6.45) is 1.95. The normalized spacial score (nSPS) is 11.4. The lowest BCUT2D eigenvalue weighted by atomic mass is 10.0. The highest BCUT2D eigenvalue weighted by Gasteiger charge is 2.27. The van der Waals surface area contributed by atoms with E-state index in [9.17, 15) is 9.59 Å². The van der Waals surface area contributed by atoms with Gasteiger partial charge in [-0.2, -0.15) is 0 Å². The molecule has 0 bridgehead atoms. The highest BCUT2D eigenvalue weighted by molar-refractivity contribution is 9.11. The molecule has 1 aromatic rings. The number of aliphatic carboxylic acids is 1. The topological polar surface area (TPSA) is 57.6 Å². The third kappa shape index (κ3) is 5.63. The van der Waals surface area contributed by atoms with Crippen molar-refractivity contribution in [3.05, 3.63) is 20.8 Å². The van der Waals surface area contributed by atoms with E-state index < -0.39 is 11.5 Å². The molecule has 0 fully saturated rings. The predicted octanol–water partition coefficient (Wildman–Crippen LogP) is 3.55. The third-order valence-corrected chi connectivity index (χ3v) is 4.53. The van der Waals surface area contributed by atoms with Crippen LogP contribution in [0.3, 0.4) is 0 Å². The number of hydrogen-bond donors (Lipinski definition) is 1. The van der Waals surface area contributed by atoms with Crippen LogP contribution in [-0.2, 0) is 16.0 Å². The molecule has 1 aromatic heterocycles. The number of thiophene rings is 1. The first-order valence-corrected chi connectivity index (χ1v) is 8.07. The zero-order valence-electron chi connectivity index (χ0n) is 12.0. The Bertz CT molecular complexity index is 479. The van der Waals surface area contributed by atoms with Crippen molar-refractivity contribution in [1.82, 2.24) is 4.90 Å². The van der Waals surface area contributed by atoms with E-state index in [0.29, 0.717) is 6.42 Å². The van der Waals surface area contributed by atoms with E-state index in [1.165, 1.54) is 9.78 Å². The molecule has 0 aliphatic rings. The molecule has 0 unspecified atom stereocenters. The van der Waals surface area contributed by atoms with Gasteiger partial charge in [0, 0.05) is 16.8 Å². The van der Waals surface area contributed by atoms with Gasteiger partial charge >= 0.3 is 5.97 Å². The first kappa shape index (κ1) is 17.2. The Morgan fingerprint density at radius 1 is 1.35 bits per heavy atom. The van der Waals surface area contributed by atoms with Gasteiger partial charge in [0.2, 0.25) is 5.91 Å². The fraction of sp³-hybridized carbons (Fsp3) is 0.571. The van der Waals surface area contributed by atoms with Gasteiger partial charge in [0.1, 0.15) is 6.54 Å². The number of carbonyl (C=O) groups excluding carboxylic acids is 1. The first-order chi connectivity index (χ1) is 9.20. The molecule has 0 saturated heterocycles. The zero-order valence-corrected chi connectivity index (χ0v) is 14.4. The monoisotopic (exact) mass is 361 g/mol. The van der Waals surface area contributed by atoms with E-state index in [1.807, 2.05) is 32.9 Å². The second-order valence-corrected chi connectivity index (χ2v) is 8.15. The van der Waals surface area contributed by atoms with Gasteiger partial charge in [0.15, 0.2) is 0 Å². The minimum atomic E-state index is -0.976. The molecular formula is C14H20BrNO3S. The van der Waals surface area contributed by atoms with Gasteiger partial charge in [-0.15, -0.1) is 11.3 Å². The summed E-state index contributed by atoms with van der Waals surface area (Å²) >= 11 is 5.07. The van der Waals surface area contributed by atoms with Gasteiger partial charge in [-0.25, -0.2) is 0 Å². The van der Waals surface area contributed by atoms with Crippen molar-refractivity contribution in [1.29, 1.82) is 0 Å². The molecule has 0 aliphatic carbocycles. The summed E-state index contributed by atoms with van der Waals surface area (Å²) < 4.78 is 1.08. The predicted molar refractivity (Wildman–Crippen MR) is 84.1 cm³/mol. The lowest BCUT2D eigenvalue weighted by molar-refractivity contribution is -0.148. The molecule has 0 saturated carbocycles. The van der Waals surface area contributed by atoms with Crippen molar-refractivity contribution in [3.63, 3.8) is 0 Å². The van der Waals surface area contributed by atoms with E-state index in [2.05, 4.69) is 15.9 Å². The van der Waals surface area contributed by atoms with Crippen molar-refractivity contribution in [2.24, 2.45) is 0 Å². The number of rotatable bonds is 6. The first-order valence-electron chi connectivity index (χ1n) is 6.46. The largest absolute Gasteiger partial charge is 0.480 e. The Labute approximate surface area is 131 Å². The molecular weight excluding hydrogens is 342 g/mol. The molecule has 0 aliphatic heterocycles. The van der Waals surface area contributed by atoms with Gasteiger partial charge in [-0.05, 0) is 61.7 Å². The Hall–Kier alpha value is -0.880. The van der Waals surface area contributed by atoms with Gasteiger partial charge in [0.05, 0.1) is 3.79 Å². The molecule has 112 valence electrons. The summed E-state index contributed by atoms with van der Waals surface area (Å²) in [5.74, 6) is -1.08. The Balaban J connectivity index is 2.52. The van der Waals surface area contributed by atoms with Crippen molar-refractivity contribution >= 4 is 39.1 Å². The fourth-order valence-electron chi connectivity index (χ4n) is 1.87. The third-order valence-electron chi connectivity index (χ3n) is 2.85. The number of halogens is 1. The van der Waals surface area contributed by atoms with Crippen LogP contribution in [0, 0.1) is 0 Å². The van der Waals surface area contributed by atoms with Gasteiger partial charge < -0.3 is 10.0 Å². The van der Waals surface area contributed by atoms with E-state index in [4.69, 9.17) is 5.11 Å². The van der Waals surface area contributed by atoms with E-state index >= 15 is 0 Å². The van der Waals surface area contributed by atoms with Gasteiger partial charge in [-0.3, -0.25) is 9.59 Å². The van der Waals surface area contributed by atoms with Crippen LogP contribution in [0.25, 0.3) is 0 Å². The number of nitrogens with zero attached hydrogens (tertiary/aromatic N) is 1. The molecule has 0 radical (unpaired) electrons. The van der Waals surface area contributed by atoms with Crippen LogP contribution in [0.15, 0.2) is 15.9 Å². The van der Waals surface area contributed by atoms with E-state index in [-0.39, 0.29) is 12.5 Å². The summed E-state index contributed by atoms with van der Waals surface area (Å²) in [7, 11) is 0. The van der Waals surface area contributed by atoms with Crippen molar-refractivity contribution < 1.29 is 14.7 Å². The minimum absolute atomic E-state index is 0.101. The second-order valence-electron chi connectivity index (χ2n) is 5.60. The lowest BCUT2D eigenvalue weighted by Gasteiger charge is -2.34. The lowest BCUT2D eigenvalue weighted by Crippen LogP contribution is -2.48. The SMILES string of the molecule is CC(C)(C)N(CC(=O)O)C(=O)CCCc1ccc(Br)s1. The molecule has 1 N–H and O–H groups in total. The molecule has 1 rings (SSSR count). The van der Waals surface area contributed by atoms with Gasteiger partial charge in [-0.1, -0.05) is 0 Å². The molecule has 1 heterocycles. The standard InChI is InChI=1S/C14H20BrNO3S/c1-14(2,3)16(9-13(18)19)12(17)6-4-5-10-7-8-11(15)20-10/h7-8H,4-6,9H2,1-3H3,(H,18,19). The Morgan fingerprint density at radius 2 is 2.00 bits per heavy atom. The van der Waals surface area contributed by atoms with Crippen LogP contribution < -0.4 is 0 Å². The average molecular weight is 362 g/mol. The smallest absolute Gasteiger partial charge is 0.323 e. The van der Waals surface area contributed by atoms with Crippen LogP contribution in [0.2, 0.25) is 0 Å². The maximum Gasteiger partial charge on any atom is 0.323 e. The molecule has 0 aromatic carbocycles. The molecule has 0 atom stereocenters. The van der Waals surface area contributed by atoms with Crippen LogP contribution in [0.5, 0.6) is 0 Å². The average Bonchev–Trinajstić information content (AvgIpc) is 2.70. The number of carboxylic acid groups (broad SMARTS) is 1. The van der Waals surface area contributed by atoms with E-state index in [0.717, 1.165) is 16.6 Å². The highest BCUT2D eigenvalue weighted by atomic mass is 79.9. The van der Waals surface area contributed by atoms with Crippen LogP contribution >= 0.6 is 27.3 Å². The number of carbonyl (C=O) groups is 2. The molecule has 20 heavy (non-hydrogen) atoms. The van der Waals surface area contributed by atoms with Gasteiger partial charge in [0.25, 0.3) is 0 Å². The van der Waals surface area contributed by atoms with Crippen LogP contribution in [-0.4, -0.2) is 34.0 Å². The zero-order chi connectivity index (χ0) is 15.3. The number of amides is 1. The fourth-order valence-corrected chi connectivity index (χ4v) is 3.39. The number of carboxylic acids is 1. The maximum atomic E-state index is 12.2.